The van der Waals surface area contributed by atoms with Gasteiger partial charge in [-0.1, -0.05) is 51.3 Å². The Labute approximate surface area is 271 Å². The summed E-state index contributed by atoms with van der Waals surface area (Å²) in [4.78, 5) is 28.6. The third kappa shape index (κ3) is 9.13. The van der Waals surface area contributed by atoms with Crippen molar-refractivity contribution in [2.45, 2.75) is 82.9 Å². The number of benzene rings is 3. The second-order valence-corrected chi connectivity index (χ2v) is 12.3. The Morgan fingerprint density at radius 1 is 0.913 bits per heavy atom. The van der Waals surface area contributed by atoms with Gasteiger partial charge in [0.15, 0.2) is 0 Å². The first-order valence-corrected chi connectivity index (χ1v) is 16.4. The molecule has 1 aliphatic carbocycles. The fourth-order valence-corrected chi connectivity index (χ4v) is 6.43. The molecule has 0 spiro atoms. The summed E-state index contributed by atoms with van der Waals surface area (Å²) < 4.78 is 33.8. The van der Waals surface area contributed by atoms with Crippen LogP contribution in [0.25, 0.3) is 0 Å². The van der Waals surface area contributed by atoms with Gasteiger partial charge in [-0.2, -0.15) is 0 Å². The van der Waals surface area contributed by atoms with E-state index in [4.69, 9.17) is 4.74 Å². The van der Waals surface area contributed by atoms with Crippen LogP contribution in [0.5, 0.6) is 5.75 Å². The molecule has 1 saturated carbocycles. The van der Waals surface area contributed by atoms with Gasteiger partial charge in [-0.05, 0) is 85.7 Å². The highest BCUT2D eigenvalue weighted by atomic mass is 19.1. The molecule has 2 amide bonds. The summed E-state index contributed by atoms with van der Waals surface area (Å²) in [5.41, 5.74) is 1.63. The molecule has 7 nitrogen and oxygen atoms in total. The molecule has 0 bridgehead atoms. The highest BCUT2D eigenvalue weighted by Crippen LogP contribution is 2.38. The minimum atomic E-state index is -1.10. The molecule has 3 aromatic rings. The molecule has 3 N–H and O–H groups in total. The van der Waals surface area contributed by atoms with Crippen LogP contribution in [0.4, 0.5) is 8.78 Å². The van der Waals surface area contributed by atoms with Gasteiger partial charge in [0, 0.05) is 42.4 Å². The van der Waals surface area contributed by atoms with Crippen molar-refractivity contribution in [2.75, 3.05) is 26.7 Å². The zero-order valence-electron chi connectivity index (χ0n) is 27.2. The molecule has 1 fully saturated rings. The minimum absolute atomic E-state index is 0.00513. The number of carbonyl (C=O) groups is 2. The summed E-state index contributed by atoms with van der Waals surface area (Å²) >= 11 is 0. The Hall–Kier alpha value is -3.82. The Morgan fingerprint density at radius 2 is 1.57 bits per heavy atom. The van der Waals surface area contributed by atoms with Crippen LogP contribution in [0.15, 0.2) is 66.7 Å². The van der Waals surface area contributed by atoms with Crippen LogP contribution >= 0.6 is 0 Å². The lowest BCUT2D eigenvalue weighted by Gasteiger charge is -2.40. The molecule has 2 atom stereocenters. The Kier molecular flexibility index (Phi) is 12.7. The van der Waals surface area contributed by atoms with E-state index < -0.39 is 35.2 Å². The van der Waals surface area contributed by atoms with Gasteiger partial charge >= 0.3 is 0 Å². The predicted molar refractivity (Wildman–Crippen MR) is 176 cm³/mol. The third-order valence-electron chi connectivity index (χ3n) is 8.78. The van der Waals surface area contributed by atoms with Crippen molar-refractivity contribution in [1.82, 2.24) is 15.5 Å². The van der Waals surface area contributed by atoms with E-state index in [-0.39, 0.29) is 24.4 Å². The van der Waals surface area contributed by atoms with E-state index in [1.807, 2.05) is 32.0 Å². The topological polar surface area (TPSA) is 90.9 Å². The number of aliphatic hydroxyl groups excluding tert-OH is 1. The Bertz CT molecular complexity index is 1430. The van der Waals surface area contributed by atoms with Crippen molar-refractivity contribution in [2.24, 2.45) is 0 Å². The van der Waals surface area contributed by atoms with E-state index >= 15 is 0 Å². The normalized spacial score (nSPS) is 15.5. The first-order chi connectivity index (χ1) is 22.2. The number of hydrogen-bond acceptors (Lipinski definition) is 5. The third-order valence-corrected chi connectivity index (χ3v) is 8.78. The van der Waals surface area contributed by atoms with Crippen molar-refractivity contribution in [3.05, 3.63) is 101 Å². The maximum atomic E-state index is 14.1. The van der Waals surface area contributed by atoms with Crippen LogP contribution in [-0.4, -0.2) is 60.7 Å². The van der Waals surface area contributed by atoms with E-state index in [0.29, 0.717) is 24.2 Å². The van der Waals surface area contributed by atoms with E-state index in [0.717, 1.165) is 62.3 Å². The van der Waals surface area contributed by atoms with Gasteiger partial charge in [-0.3, -0.25) is 9.59 Å². The van der Waals surface area contributed by atoms with Gasteiger partial charge in [-0.15, -0.1) is 0 Å². The molecule has 0 saturated heterocycles. The number of ether oxygens (including phenoxy) is 1. The fraction of sp³-hybridized carbons (Fsp3) is 0.459. The van der Waals surface area contributed by atoms with Crippen molar-refractivity contribution < 1.29 is 28.2 Å². The average Bonchev–Trinajstić information content (AvgIpc) is 3.06. The molecular weight excluding hydrogens is 588 g/mol. The number of hydrogen-bond donors (Lipinski definition) is 3. The van der Waals surface area contributed by atoms with Crippen molar-refractivity contribution in [3.8, 4) is 5.75 Å². The minimum Gasteiger partial charge on any atom is -0.497 e. The monoisotopic (exact) mass is 635 g/mol. The van der Waals surface area contributed by atoms with Crippen molar-refractivity contribution in [1.29, 1.82) is 0 Å². The molecule has 0 unspecified atom stereocenters. The molecule has 4 rings (SSSR count). The van der Waals surface area contributed by atoms with Crippen LogP contribution in [0, 0.1) is 11.6 Å². The Morgan fingerprint density at radius 3 is 2.22 bits per heavy atom. The van der Waals surface area contributed by atoms with Crippen LogP contribution in [-0.2, 0) is 12.0 Å². The molecule has 46 heavy (non-hydrogen) atoms. The summed E-state index contributed by atoms with van der Waals surface area (Å²) in [6, 6.07) is 16.7. The van der Waals surface area contributed by atoms with Crippen LogP contribution < -0.4 is 15.4 Å². The fourth-order valence-electron chi connectivity index (χ4n) is 6.43. The van der Waals surface area contributed by atoms with Crippen molar-refractivity contribution in [3.63, 3.8) is 0 Å². The highest BCUT2D eigenvalue weighted by Gasteiger charge is 2.35. The van der Waals surface area contributed by atoms with Gasteiger partial charge in [0.2, 0.25) is 0 Å². The summed E-state index contributed by atoms with van der Waals surface area (Å²) in [5, 5.41) is 18.1. The number of aliphatic hydroxyl groups is 1. The summed E-state index contributed by atoms with van der Waals surface area (Å²) in [7, 11) is 1.63. The molecule has 1 aliphatic rings. The first kappa shape index (κ1) is 35.0. The number of nitrogens with one attached hydrogen (secondary N) is 2. The van der Waals surface area contributed by atoms with E-state index in [2.05, 4.69) is 16.7 Å². The highest BCUT2D eigenvalue weighted by molar-refractivity contribution is 5.99. The van der Waals surface area contributed by atoms with Gasteiger partial charge in [0.05, 0.1) is 19.3 Å². The predicted octanol–water partition coefficient (Wildman–Crippen LogP) is 6.39. The molecule has 248 valence electrons. The van der Waals surface area contributed by atoms with Gasteiger partial charge in [-0.25, -0.2) is 8.78 Å². The molecule has 0 aromatic heterocycles. The molecule has 3 aromatic carbocycles. The van der Waals surface area contributed by atoms with Gasteiger partial charge in [0.25, 0.3) is 11.8 Å². The lowest BCUT2D eigenvalue weighted by Crippen LogP contribution is -2.53. The molecule has 0 heterocycles. The van der Waals surface area contributed by atoms with Crippen molar-refractivity contribution >= 4 is 11.8 Å². The van der Waals surface area contributed by atoms with E-state index in [1.165, 1.54) is 12.1 Å². The van der Waals surface area contributed by atoms with Crippen LogP contribution in [0.2, 0.25) is 0 Å². The largest absolute Gasteiger partial charge is 0.497 e. The number of halogens is 2. The van der Waals surface area contributed by atoms with Crippen LogP contribution in [0.3, 0.4) is 0 Å². The zero-order chi connectivity index (χ0) is 33.1. The quantitative estimate of drug-likeness (QED) is 0.180. The maximum Gasteiger partial charge on any atom is 0.253 e. The number of carbonyl (C=O) groups excluding carboxylic acids is 2. The lowest BCUT2D eigenvalue weighted by atomic mass is 9.76. The maximum absolute atomic E-state index is 14.1. The zero-order valence-corrected chi connectivity index (χ0v) is 27.2. The number of methoxy groups -OCH3 is 1. The smallest absolute Gasteiger partial charge is 0.253 e. The number of rotatable bonds is 15. The molecule has 9 heteroatoms. The second-order valence-electron chi connectivity index (χ2n) is 12.3. The van der Waals surface area contributed by atoms with Gasteiger partial charge < -0.3 is 25.4 Å². The number of nitrogens with zero attached hydrogens (tertiary/aromatic N) is 1. The Balaban J connectivity index is 1.57. The first-order valence-electron chi connectivity index (χ1n) is 16.4. The number of amides is 2. The lowest BCUT2D eigenvalue weighted by molar-refractivity contribution is 0.0755. The molecule has 0 radical (unpaired) electrons. The summed E-state index contributed by atoms with van der Waals surface area (Å²) in [5.74, 6) is -1.36. The standard InChI is InChI=1S/C37H47F2N3O4/c1-4-17-42(18-5-2)36(45)28-12-9-11-27(22-28)35(44)41-33(21-26-19-30(38)24-31(39)20-26)34(43)25-40-37(15-7-6-8-16-37)29-13-10-14-32(23-29)46-3/h9-14,19-20,22-24,33-34,40,43H,4-8,15-18,21,25H2,1-3H3,(H,41,44)/t33-,34+/m0/s1. The SMILES string of the molecule is CCCN(CCC)C(=O)c1cccc(C(=O)N[C@@H](Cc2cc(F)cc(F)c2)[C@H](O)CNC2(c3cccc(OC)c3)CCCCC2)c1. The van der Waals surface area contributed by atoms with E-state index in [1.54, 1.807) is 36.3 Å². The average molecular weight is 636 g/mol. The van der Waals surface area contributed by atoms with Crippen LogP contribution in [0.1, 0.15) is 90.6 Å². The molecule has 0 aliphatic heterocycles. The summed E-state index contributed by atoms with van der Waals surface area (Å²) in [6.07, 6.45) is 5.43. The molecular formula is C37H47F2N3O4. The second kappa shape index (κ2) is 16.7. The summed E-state index contributed by atoms with van der Waals surface area (Å²) in [6.45, 7) is 5.38. The van der Waals surface area contributed by atoms with E-state index in [9.17, 15) is 23.5 Å². The van der Waals surface area contributed by atoms with Gasteiger partial charge in [0.1, 0.15) is 17.4 Å².